The molecule has 0 saturated carbocycles. The molecule has 0 aliphatic heterocycles. The molecule has 4 aromatic rings. The number of rotatable bonds is 12. The van der Waals surface area contributed by atoms with Crippen molar-refractivity contribution in [3.05, 3.63) is 125 Å². The molecule has 2 amide bonds. The second-order valence-electron chi connectivity index (χ2n) is 8.92. The molecule has 12 heteroatoms. The van der Waals surface area contributed by atoms with Crippen LogP contribution in [0.1, 0.15) is 11.1 Å². The third-order valence-corrected chi connectivity index (χ3v) is 7.81. The lowest BCUT2D eigenvalue weighted by molar-refractivity contribution is -0.121. The van der Waals surface area contributed by atoms with E-state index in [0.717, 1.165) is 4.31 Å². The summed E-state index contributed by atoms with van der Waals surface area (Å²) in [6.45, 7) is -0.741. The molecule has 0 aromatic heterocycles. The van der Waals surface area contributed by atoms with E-state index >= 15 is 0 Å². The van der Waals surface area contributed by atoms with E-state index in [9.17, 15) is 22.4 Å². The van der Waals surface area contributed by atoms with Gasteiger partial charge in [-0.3, -0.25) is 9.59 Å². The van der Waals surface area contributed by atoms with Gasteiger partial charge < -0.3 is 10.1 Å². The Bertz CT molecular complexity index is 1630. The molecule has 4 aromatic carbocycles. The van der Waals surface area contributed by atoms with Crippen LogP contribution in [0.4, 0.5) is 10.1 Å². The molecule has 2 N–H and O–H groups in total. The van der Waals surface area contributed by atoms with Crippen molar-refractivity contribution in [3.8, 4) is 5.75 Å². The number of nitrogens with one attached hydrogen (secondary N) is 2. The Hall–Kier alpha value is -4.58. The van der Waals surface area contributed by atoms with Crippen molar-refractivity contribution in [2.24, 2.45) is 5.10 Å². The number of nitrogens with zero attached hydrogens (tertiary/aromatic N) is 2. The van der Waals surface area contributed by atoms with E-state index in [1.807, 2.05) is 6.07 Å². The monoisotopic (exact) mass is 608 g/mol. The number of amides is 2. The first-order valence-electron chi connectivity index (χ1n) is 12.6. The summed E-state index contributed by atoms with van der Waals surface area (Å²) in [5.74, 6) is -1.02. The highest BCUT2D eigenvalue weighted by Crippen LogP contribution is 2.20. The molecule has 9 nitrogen and oxygen atoms in total. The lowest BCUT2D eigenvalue weighted by Crippen LogP contribution is -2.39. The Balaban J connectivity index is 1.32. The van der Waals surface area contributed by atoms with E-state index < -0.39 is 34.2 Å². The van der Waals surface area contributed by atoms with Crippen molar-refractivity contribution < 1.29 is 27.1 Å². The molecule has 0 aliphatic rings. The van der Waals surface area contributed by atoms with Gasteiger partial charge in [-0.25, -0.2) is 18.2 Å². The topological polar surface area (TPSA) is 117 Å². The van der Waals surface area contributed by atoms with Crippen LogP contribution >= 0.6 is 11.6 Å². The first kappa shape index (κ1) is 30.4. The summed E-state index contributed by atoms with van der Waals surface area (Å²) in [5.41, 5.74) is 4.13. The molecular weight excluding hydrogens is 583 g/mol. The van der Waals surface area contributed by atoms with Crippen molar-refractivity contribution in [3.63, 3.8) is 0 Å². The highest BCUT2D eigenvalue weighted by Gasteiger charge is 2.27. The number of hydrogen-bond acceptors (Lipinski definition) is 6. The minimum absolute atomic E-state index is 0.00868. The fourth-order valence-corrected chi connectivity index (χ4v) is 5.18. The summed E-state index contributed by atoms with van der Waals surface area (Å²) in [6, 6.07) is 26.6. The van der Waals surface area contributed by atoms with E-state index in [1.54, 1.807) is 48.5 Å². The van der Waals surface area contributed by atoms with Crippen LogP contribution < -0.4 is 15.5 Å². The molecule has 4 rings (SSSR count). The summed E-state index contributed by atoms with van der Waals surface area (Å²) in [4.78, 5) is 24.7. The predicted molar refractivity (Wildman–Crippen MR) is 158 cm³/mol. The number of hydrogen-bond donors (Lipinski definition) is 2. The molecular formula is C30H26ClFN4O5S. The van der Waals surface area contributed by atoms with Crippen LogP contribution in [0, 0.1) is 5.82 Å². The summed E-state index contributed by atoms with van der Waals surface area (Å²) in [6.07, 6.45) is 1.39. The molecule has 216 valence electrons. The Kier molecular flexibility index (Phi) is 10.4. The zero-order valence-electron chi connectivity index (χ0n) is 22.1. The average molecular weight is 609 g/mol. The number of hydrazone groups is 1. The SMILES string of the molecule is O=C(CN(Cc1ccccc1)S(=O)(=O)c1ccc(Cl)cc1)N/N=C/c1ccc(OCC(=O)Nc2ccc(F)cc2)cc1. The van der Waals surface area contributed by atoms with Crippen molar-refractivity contribution in [2.75, 3.05) is 18.5 Å². The van der Waals surface area contributed by atoms with Crippen LogP contribution in [0.15, 0.2) is 113 Å². The number of halogens is 2. The van der Waals surface area contributed by atoms with Gasteiger partial charge in [-0.05, 0) is 83.9 Å². The van der Waals surface area contributed by atoms with Crippen LogP contribution in [-0.4, -0.2) is 43.9 Å². The van der Waals surface area contributed by atoms with Gasteiger partial charge in [0.25, 0.3) is 11.8 Å². The maximum Gasteiger partial charge on any atom is 0.262 e. The first-order valence-corrected chi connectivity index (χ1v) is 14.4. The molecule has 0 heterocycles. The van der Waals surface area contributed by atoms with Gasteiger partial charge in [-0.1, -0.05) is 41.9 Å². The third kappa shape index (κ3) is 8.96. The Morgan fingerprint density at radius 2 is 1.55 bits per heavy atom. The Morgan fingerprint density at radius 3 is 2.21 bits per heavy atom. The fraction of sp³-hybridized carbons (Fsp3) is 0.100. The van der Waals surface area contributed by atoms with E-state index in [2.05, 4.69) is 15.8 Å². The lowest BCUT2D eigenvalue weighted by atomic mass is 10.2. The van der Waals surface area contributed by atoms with E-state index in [0.29, 0.717) is 27.6 Å². The standard InChI is InChI=1S/C30H26ClFN4O5S/c31-24-8-16-28(17-9-24)42(39,40)36(19-23-4-2-1-3-5-23)20-29(37)35-33-18-22-6-14-27(15-7-22)41-21-30(38)34-26-12-10-25(32)11-13-26/h1-18H,19-21H2,(H,34,38)(H,35,37)/b33-18+. The van der Waals surface area contributed by atoms with E-state index in [-0.39, 0.29) is 18.0 Å². The van der Waals surface area contributed by atoms with Crippen LogP contribution in [0.2, 0.25) is 5.02 Å². The fourth-order valence-electron chi connectivity index (χ4n) is 3.67. The number of sulfonamides is 1. The van der Waals surface area contributed by atoms with E-state index in [1.165, 1.54) is 54.7 Å². The van der Waals surface area contributed by atoms with Gasteiger partial charge in [0, 0.05) is 17.3 Å². The van der Waals surface area contributed by atoms with Gasteiger partial charge in [0.15, 0.2) is 6.61 Å². The van der Waals surface area contributed by atoms with Gasteiger partial charge in [-0.2, -0.15) is 9.41 Å². The summed E-state index contributed by atoms with van der Waals surface area (Å²) >= 11 is 5.91. The maximum atomic E-state index is 13.3. The minimum Gasteiger partial charge on any atom is -0.484 e. The normalized spacial score (nSPS) is 11.4. The van der Waals surface area contributed by atoms with Crippen molar-refractivity contribution in [1.82, 2.24) is 9.73 Å². The van der Waals surface area contributed by atoms with Gasteiger partial charge in [0.05, 0.1) is 17.7 Å². The van der Waals surface area contributed by atoms with Crippen molar-refractivity contribution in [1.29, 1.82) is 0 Å². The number of carbonyl (C=O) groups is 2. The Labute approximate surface area is 247 Å². The first-order chi connectivity index (χ1) is 20.2. The van der Waals surface area contributed by atoms with E-state index in [4.69, 9.17) is 16.3 Å². The van der Waals surface area contributed by atoms with Gasteiger partial charge in [-0.15, -0.1) is 0 Å². The summed E-state index contributed by atoms with van der Waals surface area (Å²) < 4.78 is 46.2. The molecule has 0 bridgehead atoms. The molecule has 0 spiro atoms. The number of anilines is 1. The van der Waals surface area contributed by atoms with Crippen molar-refractivity contribution >= 4 is 45.3 Å². The van der Waals surface area contributed by atoms with Crippen LogP contribution in [-0.2, 0) is 26.2 Å². The lowest BCUT2D eigenvalue weighted by Gasteiger charge is -2.21. The van der Waals surface area contributed by atoms with Gasteiger partial charge >= 0.3 is 0 Å². The minimum atomic E-state index is -4.02. The zero-order valence-corrected chi connectivity index (χ0v) is 23.7. The summed E-state index contributed by atoms with van der Waals surface area (Å²) in [7, 11) is -4.02. The zero-order chi connectivity index (χ0) is 30.0. The largest absolute Gasteiger partial charge is 0.484 e. The molecule has 0 unspecified atom stereocenters. The molecule has 0 radical (unpaired) electrons. The smallest absolute Gasteiger partial charge is 0.262 e. The average Bonchev–Trinajstić information content (AvgIpc) is 2.98. The van der Waals surface area contributed by atoms with Crippen molar-refractivity contribution in [2.45, 2.75) is 11.4 Å². The maximum absolute atomic E-state index is 13.3. The van der Waals surface area contributed by atoms with Gasteiger partial charge in [0.1, 0.15) is 11.6 Å². The number of carbonyl (C=O) groups excluding carboxylic acids is 2. The van der Waals surface area contributed by atoms with Gasteiger partial charge in [0.2, 0.25) is 10.0 Å². The second-order valence-corrected chi connectivity index (χ2v) is 11.3. The quantitative estimate of drug-likeness (QED) is 0.176. The third-order valence-electron chi connectivity index (χ3n) is 5.75. The number of benzene rings is 4. The van der Waals surface area contributed by atoms with Crippen LogP contribution in [0.5, 0.6) is 5.75 Å². The summed E-state index contributed by atoms with van der Waals surface area (Å²) in [5, 5.41) is 6.92. The van der Waals surface area contributed by atoms with Crippen LogP contribution in [0.3, 0.4) is 0 Å². The van der Waals surface area contributed by atoms with Crippen LogP contribution in [0.25, 0.3) is 0 Å². The predicted octanol–water partition coefficient (Wildman–Crippen LogP) is 4.84. The Morgan fingerprint density at radius 1 is 0.881 bits per heavy atom. The molecule has 0 atom stereocenters. The highest BCUT2D eigenvalue weighted by atomic mass is 35.5. The highest BCUT2D eigenvalue weighted by molar-refractivity contribution is 7.89. The molecule has 0 saturated heterocycles. The molecule has 42 heavy (non-hydrogen) atoms. The number of ether oxygens (including phenoxy) is 1. The molecule has 0 aliphatic carbocycles. The second kappa shape index (κ2) is 14.4. The molecule has 0 fully saturated rings.